The van der Waals surface area contributed by atoms with Crippen molar-refractivity contribution < 1.29 is 24.2 Å². The number of aliphatic carboxylic acids is 1. The van der Waals surface area contributed by atoms with Crippen LogP contribution in [0.3, 0.4) is 0 Å². The van der Waals surface area contributed by atoms with Crippen LogP contribution in [0, 0.1) is 0 Å². The number of unbranched alkanes of at least 4 members (excludes halogenated alkanes) is 4. The summed E-state index contributed by atoms with van der Waals surface area (Å²) in [4.78, 5) is 24.8. The molecule has 0 aliphatic rings. The molecule has 0 saturated carbocycles. The third kappa shape index (κ3) is 14.5. The van der Waals surface area contributed by atoms with Crippen LogP contribution in [0.1, 0.15) is 44.9 Å². The van der Waals surface area contributed by atoms with E-state index in [4.69, 9.17) is 14.6 Å². The van der Waals surface area contributed by atoms with Crippen molar-refractivity contribution in [1.29, 1.82) is 0 Å². The van der Waals surface area contributed by atoms with Gasteiger partial charge in [0, 0.05) is 19.6 Å². The van der Waals surface area contributed by atoms with Gasteiger partial charge < -0.3 is 24.8 Å². The average molecular weight is 409 g/mol. The van der Waals surface area contributed by atoms with E-state index in [1.54, 1.807) is 0 Å². The van der Waals surface area contributed by atoms with Crippen molar-refractivity contribution in [2.24, 2.45) is 0 Å². The Bertz CT molecular complexity index is 566. The van der Waals surface area contributed by atoms with Crippen LogP contribution >= 0.6 is 0 Å². The van der Waals surface area contributed by atoms with Crippen LogP contribution in [0.15, 0.2) is 30.3 Å². The second kappa shape index (κ2) is 15.8. The van der Waals surface area contributed by atoms with Gasteiger partial charge in [0.1, 0.15) is 12.4 Å². The summed E-state index contributed by atoms with van der Waals surface area (Å²) >= 11 is 0. The molecule has 2 N–H and O–H groups in total. The first-order valence-electron chi connectivity index (χ1n) is 10.4. The topological polar surface area (TPSA) is 88.1 Å². The van der Waals surface area contributed by atoms with Crippen molar-refractivity contribution in [1.82, 2.24) is 10.2 Å². The smallest absolute Gasteiger partial charge is 0.305 e. The molecule has 0 radical (unpaired) electrons. The highest BCUT2D eigenvalue weighted by Gasteiger charge is 2.16. The molecule has 0 heterocycles. The summed E-state index contributed by atoms with van der Waals surface area (Å²) in [7, 11) is 3.72. The standard InChI is InChI=1S/C22H36N2O5/c1-24(2)18-19(17-22(26)27)23-21(25)13-9-4-3-5-10-14-28-15-16-29-20-11-7-6-8-12-20/h6-8,11-12,19H,3-5,9-10,13-18H2,1-2H3,(H,23,25)(H,26,27)/t19-/m1/s1. The van der Waals surface area contributed by atoms with Crippen molar-refractivity contribution in [3.05, 3.63) is 30.3 Å². The Morgan fingerprint density at radius 3 is 2.38 bits per heavy atom. The van der Waals surface area contributed by atoms with Gasteiger partial charge in [0.25, 0.3) is 0 Å². The maximum atomic E-state index is 12.0. The maximum absolute atomic E-state index is 12.0. The quantitative estimate of drug-likeness (QED) is 0.385. The number of benzene rings is 1. The van der Waals surface area contributed by atoms with Crippen molar-refractivity contribution in [3.63, 3.8) is 0 Å². The monoisotopic (exact) mass is 408 g/mol. The summed E-state index contributed by atoms with van der Waals surface area (Å²) in [6.07, 6.45) is 5.33. The van der Waals surface area contributed by atoms with E-state index in [9.17, 15) is 9.59 Å². The predicted octanol–water partition coefficient (Wildman–Crippen LogP) is 2.94. The second-order valence-corrected chi connectivity index (χ2v) is 7.42. The fourth-order valence-corrected chi connectivity index (χ4v) is 2.97. The summed E-state index contributed by atoms with van der Waals surface area (Å²) in [6, 6.07) is 9.34. The predicted molar refractivity (Wildman–Crippen MR) is 113 cm³/mol. The van der Waals surface area contributed by atoms with E-state index in [0.29, 0.717) is 26.2 Å². The maximum Gasteiger partial charge on any atom is 0.305 e. The summed E-state index contributed by atoms with van der Waals surface area (Å²) in [5.41, 5.74) is 0. The molecule has 0 bridgehead atoms. The Morgan fingerprint density at radius 2 is 1.69 bits per heavy atom. The van der Waals surface area contributed by atoms with Crippen molar-refractivity contribution >= 4 is 11.9 Å². The Kier molecular flexibility index (Phi) is 13.5. The molecular weight excluding hydrogens is 372 g/mol. The van der Waals surface area contributed by atoms with Crippen LogP contribution < -0.4 is 10.1 Å². The lowest BCUT2D eigenvalue weighted by Crippen LogP contribution is -2.42. The number of carboxylic acids is 1. The summed E-state index contributed by atoms with van der Waals surface area (Å²) in [5, 5.41) is 11.8. The summed E-state index contributed by atoms with van der Waals surface area (Å²) in [5.74, 6) is -0.109. The number of hydrogen-bond acceptors (Lipinski definition) is 5. The van der Waals surface area contributed by atoms with Gasteiger partial charge in [-0.3, -0.25) is 9.59 Å². The zero-order valence-corrected chi connectivity index (χ0v) is 17.8. The number of ether oxygens (including phenoxy) is 2. The molecule has 7 heteroatoms. The molecule has 0 fully saturated rings. The minimum Gasteiger partial charge on any atom is -0.491 e. The zero-order chi connectivity index (χ0) is 21.3. The van der Waals surface area contributed by atoms with Gasteiger partial charge in [0.2, 0.25) is 5.91 Å². The number of nitrogens with zero attached hydrogens (tertiary/aromatic N) is 1. The largest absolute Gasteiger partial charge is 0.491 e. The average Bonchev–Trinajstić information content (AvgIpc) is 2.65. The normalized spacial score (nSPS) is 12.0. The Morgan fingerprint density at radius 1 is 1.00 bits per heavy atom. The Labute approximate surface area is 174 Å². The second-order valence-electron chi connectivity index (χ2n) is 7.42. The van der Waals surface area contributed by atoms with Crippen molar-refractivity contribution in [2.75, 3.05) is 40.5 Å². The van der Waals surface area contributed by atoms with E-state index >= 15 is 0 Å². The fraction of sp³-hybridized carbons (Fsp3) is 0.636. The number of carboxylic acid groups (broad SMARTS) is 1. The molecule has 0 aliphatic heterocycles. The van der Waals surface area contributed by atoms with Gasteiger partial charge in [0.15, 0.2) is 0 Å². The van der Waals surface area contributed by atoms with E-state index in [1.807, 2.05) is 49.3 Å². The molecule has 0 saturated heterocycles. The van der Waals surface area contributed by atoms with Crippen molar-refractivity contribution in [3.8, 4) is 5.75 Å². The number of rotatable bonds is 17. The van der Waals surface area contributed by atoms with E-state index in [0.717, 1.165) is 44.5 Å². The number of carbonyl (C=O) groups excluding carboxylic acids is 1. The molecule has 1 aromatic carbocycles. The lowest BCUT2D eigenvalue weighted by molar-refractivity contribution is -0.137. The molecule has 0 unspecified atom stereocenters. The minimum absolute atomic E-state index is 0.0552. The van der Waals surface area contributed by atoms with Crippen LogP contribution in [-0.4, -0.2) is 68.4 Å². The number of nitrogens with one attached hydrogen (secondary N) is 1. The molecule has 7 nitrogen and oxygen atoms in total. The highest BCUT2D eigenvalue weighted by atomic mass is 16.5. The van der Waals surface area contributed by atoms with Gasteiger partial charge in [-0.05, 0) is 39.1 Å². The highest BCUT2D eigenvalue weighted by Crippen LogP contribution is 2.08. The summed E-state index contributed by atoms with van der Waals surface area (Å²) < 4.78 is 11.1. The fourth-order valence-electron chi connectivity index (χ4n) is 2.97. The van der Waals surface area contributed by atoms with Crippen LogP contribution in [0.25, 0.3) is 0 Å². The molecular formula is C22H36N2O5. The number of para-hydroxylation sites is 1. The lowest BCUT2D eigenvalue weighted by Gasteiger charge is -2.20. The van der Waals surface area contributed by atoms with Gasteiger partial charge in [-0.1, -0.05) is 37.5 Å². The molecule has 164 valence electrons. The van der Waals surface area contributed by atoms with E-state index < -0.39 is 5.97 Å². The van der Waals surface area contributed by atoms with Gasteiger partial charge in [-0.25, -0.2) is 0 Å². The van der Waals surface area contributed by atoms with Crippen LogP contribution in [0.2, 0.25) is 0 Å². The van der Waals surface area contributed by atoms with E-state index in [-0.39, 0.29) is 18.4 Å². The molecule has 0 spiro atoms. The SMILES string of the molecule is CN(C)C[C@@H](CC(=O)O)NC(=O)CCCCCCCOCCOc1ccccc1. The molecule has 1 rings (SSSR count). The number of likely N-dealkylation sites (N-methyl/N-ethyl adjacent to an activating group) is 1. The lowest BCUT2D eigenvalue weighted by atomic mass is 10.1. The molecule has 29 heavy (non-hydrogen) atoms. The van der Waals surface area contributed by atoms with E-state index in [1.165, 1.54) is 0 Å². The number of amides is 1. The first-order chi connectivity index (χ1) is 14.0. The number of carbonyl (C=O) groups is 2. The van der Waals surface area contributed by atoms with Gasteiger partial charge >= 0.3 is 5.97 Å². The van der Waals surface area contributed by atoms with Crippen molar-refractivity contribution in [2.45, 2.75) is 51.0 Å². The van der Waals surface area contributed by atoms with Gasteiger partial charge in [-0.2, -0.15) is 0 Å². The molecule has 1 aromatic rings. The third-order valence-corrected chi connectivity index (χ3v) is 4.30. The minimum atomic E-state index is -0.897. The van der Waals surface area contributed by atoms with Gasteiger partial charge in [0.05, 0.1) is 19.1 Å². The van der Waals surface area contributed by atoms with Gasteiger partial charge in [-0.15, -0.1) is 0 Å². The molecule has 0 aliphatic carbocycles. The Hall–Kier alpha value is -2.12. The zero-order valence-electron chi connectivity index (χ0n) is 17.8. The van der Waals surface area contributed by atoms with Crippen LogP contribution in [0.4, 0.5) is 0 Å². The molecule has 1 atom stereocenters. The summed E-state index contributed by atoms with van der Waals surface area (Å²) in [6.45, 7) is 2.38. The third-order valence-electron chi connectivity index (χ3n) is 4.30. The molecule has 1 amide bonds. The van der Waals surface area contributed by atoms with Crippen LogP contribution in [-0.2, 0) is 14.3 Å². The van der Waals surface area contributed by atoms with Crippen LogP contribution in [0.5, 0.6) is 5.75 Å². The Balaban J connectivity index is 1.95. The molecule has 0 aromatic heterocycles. The number of hydrogen-bond donors (Lipinski definition) is 2. The first-order valence-corrected chi connectivity index (χ1v) is 10.4. The highest BCUT2D eigenvalue weighted by molar-refractivity contribution is 5.77. The van der Waals surface area contributed by atoms with E-state index in [2.05, 4.69) is 5.32 Å². The first kappa shape index (κ1) is 24.9.